The van der Waals surface area contributed by atoms with Crippen molar-refractivity contribution in [1.29, 1.82) is 0 Å². The van der Waals surface area contributed by atoms with Crippen LogP contribution < -0.4 is 9.62 Å². The van der Waals surface area contributed by atoms with Crippen LogP contribution in [0.15, 0.2) is 77.7 Å². The van der Waals surface area contributed by atoms with E-state index in [1.54, 1.807) is 43.3 Å². The predicted molar refractivity (Wildman–Crippen MR) is 161 cm³/mol. The van der Waals surface area contributed by atoms with Gasteiger partial charge in [-0.3, -0.25) is 13.9 Å². The fourth-order valence-electron chi connectivity index (χ4n) is 4.23. The number of rotatable bonds is 12. The lowest BCUT2D eigenvalue weighted by atomic mass is 10.0. The Kier molecular flexibility index (Phi) is 10.7. The van der Waals surface area contributed by atoms with Gasteiger partial charge in [-0.15, -0.1) is 0 Å². The molecule has 0 fully saturated rings. The summed E-state index contributed by atoms with van der Waals surface area (Å²) in [5.74, 6) is -1.10. The molecule has 3 aromatic carbocycles. The van der Waals surface area contributed by atoms with Crippen LogP contribution in [0.4, 0.5) is 10.1 Å². The molecule has 0 bridgehead atoms. The van der Waals surface area contributed by atoms with Gasteiger partial charge in [0.25, 0.3) is 10.0 Å². The van der Waals surface area contributed by atoms with Crippen LogP contribution in [0.2, 0.25) is 0 Å². The van der Waals surface area contributed by atoms with Gasteiger partial charge in [0.15, 0.2) is 0 Å². The second-order valence-corrected chi connectivity index (χ2v) is 12.6. The van der Waals surface area contributed by atoms with E-state index in [0.717, 1.165) is 15.4 Å². The van der Waals surface area contributed by atoms with Gasteiger partial charge in [0.2, 0.25) is 11.8 Å². The number of nitrogens with zero attached hydrogens (tertiary/aromatic N) is 2. The lowest BCUT2D eigenvalue weighted by molar-refractivity contribution is -0.139. The number of anilines is 1. The van der Waals surface area contributed by atoms with Crippen molar-refractivity contribution in [3.8, 4) is 0 Å². The number of amides is 2. The molecule has 41 heavy (non-hydrogen) atoms. The number of aryl methyl sites for hydroxylation is 1. The fraction of sp³-hybridized carbons (Fsp3) is 0.375. The van der Waals surface area contributed by atoms with Gasteiger partial charge in [0.05, 0.1) is 10.6 Å². The van der Waals surface area contributed by atoms with E-state index in [9.17, 15) is 22.4 Å². The van der Waals surface area contributed by atoms with Crippen LogP contribution in [0.1, 0.15) is 63.6 Å². The average Bonchev–Trinajstić information content (AvgIpc) is 2.95. The average molecular weight is 582 g/mol. The number of carbonyl (C=O) groups is 2. The Morgan fingerprint density at radius 2 is 1.46 bits per heavy atom. The number of hydrogen-bond donors (Lipinski definition) is 1. The maximum Gasteiger partial charge on any atom is 0.264 e. The Bertz CT molecular complexity index is 1420. The predicted octanol–water partition coefficient (Wildman–Crippen LogP) is 5.78. The molecule has 0 saturated heterocycles. The quantitative estimate of drug-likeness (QED) is 0.294. The van der Waals surface area contributed by atoms with Crippen LogP contribution >= 0.6 is 0 Å². The van der Waals surface area contributed by atoms with Gasteiger partial charge in [-0.1, -0.05) is 62.7 Å². The molecule has 3 rings (SSSR count). The summed E-state index contributed by atoms with van der Waals surface area (Å²) >= 11 is 0. The largest absolute Gasteiger partial charge is 0.352 e. The normalized spacial score (nSPS) is 13.0. The van der Waals surface area contributed by atoms with Crippen LogP contribution in [0, 0.1) is 12.7 Å². The minimum Gasteiger partial charge on any atom is -0.352 e. The molecule has 0 aliphatic heterocycles. The topological polar surface area (TPSA) is 86.8 Å². The zero-order valence-corrected chi connectivity index (χ0v) is 25.4. The first-order valence-corrected chi connectivity index (χ1v) is 15.3. The van der Waals surface area contributed by atoms with Gasteiger partial charge in [0.1, 0.15) is 18.4 Å². The molecule has 220 valence electrons. The van der Waals surface area contributed by atoms with E-state index in [1.807, 2.05) is 46.8 Å². The summed E-state index contributed by atoms with van der Waals surface area (Å²) < 4.78 is 42.6. The molecule has 3 aromatic rings. The van der Waals surface area contributed by atoms with E-state index in [4.69, 9.17) is 0 Å². The van der Waals surface area contributed by atoms with Gasteiger partial charge in [-0.25, -0.2) is 12.8 Å². The van der Waals surface area contributed by atoms with E-state index in [2.05, 4.69) is 5.32 Å². The van der Waals surface area contributed by atoms with E-state index < -0.39 is 34.3 Å². The van der Waals surface area contributed by atoms with Crippen molar-refractivity contribution in [2.45, 2.75) is 77.4 Å². The summed E-state index contributed by atoms with van der Waals surface area (Å²) in [7, 11) is -4.14. The van der Waals surface area contributed by atoms with Crippen LogP contribution in [-0.2, 0) is 26.2 Å². The summed E-state index contributed by atoms with van der Waals surface area (Å²) in [6.07, 6.45) is 0.708. The maximum atomic E-state index is 14.0. The Hall–Kier alpha value is -3.72. The minimum absolute atomic E-state index is 0.00108. The van der Waals surface area contributed by atoms with Crippen molar-refractivity contribution in [3.63, 3.8) is 0 Å². The molecule has 0 aliphatic carbocycles. The summed E-state index contributed by atoms with van der Waals surface area (Å²) in [5, 5.41) is 2.90. The van der Waals surface area contributed by atoms with Crippen molar-refractivity contribution in [2.75, 3.05) is 10.8 Å². The molecule has 0 heterocycles. The molecule has 0 saturated carbocycles. The molecule has 0 radical (unpaired) electrons. The lowest BCUT2D eigenvalue weighted by Crippen LogP contribution is -2.52. The number of nitrogens with one attached hydrogen (secondary N) is 1. The number of benzene rings is 3. The van der Waals surface area contributed by atoms with Crippen molar-refractivity contribution >= 4 is 27.5 Å². The molecule has 0 aliphatic rings. The molecule has 0 spiro atoms. The second kappa shape index (κ2) is 13.8. The van der Waals surface area contributed by atoms with E-state index in [-0.39, 0.29) is 29.3 Å². The second-order valence-electron chi connectivity index (χ2n) is 10.7. The molecular formula is C32H40FN3O4S. The number of hydrogen-bond acceptors (Lipinski definition) is 4. The van der Waals surface area contributed by atoms with Gasteiger partial charge in [-0.05, 0) is 80.6 Å². The Balaban J connectivity index is 2.03. The van der Waals surface area contributed by atoms with Gasteiger partial charge >= 0.3 is 0 Å². The van der Waals surface area contributed by atoms with Crippen molar-refractivity contribution in [2.24, 2.45) is 0 Å². The number of carbonyl (C=O) groups excluding carboxylic acids is 2. The Morgan fingerprint density at radius 1 is 0.878 bits per heavy atom. The van der Waals surface area contributed by atoms with Crippen molar-refractivity contribution in [1.82, 2.24) is 10.2 Å². The highest BCUT2D eigenvalue weighted by atomic mass is 32.2. The molecule has 7 nitrogen and oxygen atoms in total. The van der Waals surface area contributed by atoms with Crippen molar-refractivity contribution < 1.29 is 22.4 Å². The third kappa shape index (κ3) is 8.16. The third-order valence-corrected chi connectivity index (χ3v) is 8.96. The number of halogens is 1. The molecule has 9 heteroatoms. The summed E-state index contributed by atoms with van der Waals surface area (Å²) in [5.41, 5.74) is 2.87. The molecular weight excluding hydrogens is 541 g/mol. The van der Waals surface area contributed by atoms with E-state index in [1.165, 1.54) is 29.2 Å². The minimum atomic E-state index is -4.14. The van der Waals surface area contributed by atoms with Gasteiger partial charge in [0, 0.05) is 12.6 Å². The monoisotopic (exact) mass is 581 g/mol. The summed E-state index contributed by atoms with van der Waals surface area (Å²) in [6, 6.07) is 18.2. The summed E-state index contributed by atoms with van der Waals surface area (Å²) in [4.78, 5) is 28.5. The van der Waals surface area contributed by atoms with E-state index in [0.29, 0.717) is 17.7 Å². The van der Waals surface area contributed by atoms with Gasteiger partial charge < -0.3 is 10.2 Å². The van der Waals surface area contributed by atoms with Crippen molar-refractivity contribution in [3.05, 3.63) is 95.3 Å². The highest BCUT2D eigenvalue weighted by Crippen LogP contribution is 2.27. The molecule has 0 unspecified atom stereocenters. The molecule has 2 amide bonds. The number of sulfonamides is 1. The van der Waals surface area contributed by atoms with Crippen LogP contribution in [-0.4, -0.2) is 43.8 Å². The fourth-order valence-corrected chi connectivity index (χ4v) is 5.64. The van der Waals surface area contributed by atoms with Crippen LogP contribution in [0.5, 0.6) is 0 Å². The first kappa shape index (κ1) is 31.8. The molecule has 0 aromatic heterocycles. The van der Waals surface area contributed by atoms with Crippen LogP contribution in [0.3, 0.4) is 0 Å². The zero-order valence-electron chi connectivity index (χ0n) is 24.6. The zero-order chi connectivity index (χ0) is 30.3. The Morgan fingerprint density at radius 3 is 2.00 bits per heavy atom. The van der Waals surface area contributed by atoms with Crippen LogP contribution in [0.25, 0.3) is 0 Å². The lowest BCUT2D eigenvalue weighted by Gasteiger charge is -2.32. The molecule has 1 N–H and O–H groups in total. The standard InChI is InChI=1S/C32H40FN3O4S/c1-7-24(5)34-32(38)25(6)35(20-26-10-14-28(33)15-11-26)31(37)21-36(29-16-12-27(13-17-29)22(2)3)41(39,40)30-18-8-23(4)9-19-30/h8-19,22,24-25H,7,20-21H2,1-6H3,(H,34,38)/t24-,25-/m1/s1. The van der Waals surface area contributed by atoms with Gasteiger partial charge in [-0.2, -0.15) is 0 Å². The summed E-state index contributed by atoms with van der Waals surface area (Å²) in [6.45, 7) is 10.8. The third-order valence-electron chi connectivity index (χ3n) is 7.17. The highest BCUT2D eigenvalue weighted by molar-refractivity contribution is 7.92. The smallest absolute Gasteiger partial charge is 0.264 e. The highest BCUT2D eigenvalue weighted by Gasteiger charge is 2.32. The van der Waals surface area contributed by atoms with E-state index >= 15 is 0 Å². The SMILES string of the molecule is CC[C@@H](C)NC(=O)[C@@H](C)N(Cc1ccc(F)cc1)C(=O)CN(c1ccc(C(C)C)cc1)S(=O)(=O)c1ccc(C)cc1. The Labute approximate surface area is 243 Å². The molecule has 2 atom stereocenters. The maximum absolute atomic E-state index is 14.0. The first-order chi connectivity index (χ1) is 19.3. The first-order valence-electron chi connectivity index (χ1n) is 13.9.